The van der Waals surface area contributed by atoms with E-state index in [4.69, 9.17) is 0 Å². The van der Waals surface area contributed by atoms with Crippen LogP contribution in [0.15, 0.2) is 41.9 Å². The minimum atomic E-state index is 0.403. The molecule has 1 saturated heterocycles. The molecule has 1 aliphatic heterocycles. The van der Waals surface area contributed by atoms with Gasteiger partial charge in [0, 0.05) is 36.8 Å². The Morgan fingerprint density at radius 3 is 2.90 bits per heavy atom. The van der Waals surface area contributed by atoms with E-state index in [0.29, 0.717) is 18.1 Å². The number of hydrogen-bond donors (Lipinski definition) is 1. The number of hydrogen-bond acceptors (Lipinski definition) is 4. The predicted molar refractivity (Wildman–Crippen MR) is 88.6 cm³/mol. The van der Waals surface area contributed by atoms with Crippen LogP contribution in [0.25, 0.3) is 0 Å². The van der Waals surface area contributed by atoms with Crippen molar-refractivity contribution in [1.29, 1.82) is 0 Å². The largest absolute Gasteiger partial charge is 0.311 e. The second-order valence-electron chi connectivity index (χ2n) is 5.89. The first-order valence-corrected chi connectivity index (χ1v) is 8.54. The van der Waals surface area contributed by atoms with Gasteiger partial charge in [0.15, 0.2) is 0 Å². The fourth-order valence-electron chi connectivity index (χ4n) is 3.11. The van der Waals surface area contributed by atoms with Gasteiger partial charge in [0.2, 0.25) is 0 Å². The lowest BCUT2D eigenvalue weighted by molar-refractivity contribution is 0.0985. The molecular formula is C17H23N3S. The summed E-state index contributed by atoms with van der Waals surface area (Å²) in [7, 11) is 0. The zero-order valence-electron chi connectivity index (χ0n) is 12.7. The molecule has 0 amide bonds. The average molecular weight is 301 g/mol. The van der Waals surface area contributed by atoms with Crippen LogP contribution in [0.5, 0.6) is 0 Å². The van der Waals surface area contributed by atoms with Crippen molar-refractivity contribution < 1.29 is 0 Å². The van der Waals surface area contributed by atoms with Crippen molar-refractivity contribution in [3.63, 3.8) is 0 Å². The molecule has 21 heavy (non-hydrogen) atoms. The van der Waals surface area contributed by atoms with Gasteiger partial charge in [-0.2, -0.15) is 0 Å². The van der Waals surface area contributed by atoms with Crippen molar-refractivity contribution in [2.75, 3.05) is 13.1 Å². The number of rotatable bonds is 4. The molecule has 0 aliphatic carbocycles. The van der Waals surface area contributed by atoms with Gasteiger partial charge in [0.05, 0.1) is 6.04 Å². The molecule has 0 radical (unpaired) electrons. The molecule has 112 valence electrons. The lowest BCUT2D eigenvalue weighted by Gasteiger charge is -2.41. The van der Waals surface area contributed by atoms with Gasteiger partial charge in [-0.15, -0.1) is 11.3 Å². The predicted octanol–water partition coefficient (Wildman–Crippen LogP) is 3.11. The quantitative estimate of drug-likeness (QED) is 0.940. The van der Waals surface area contributed by atoms with Gasteiger partial charge < -0.3 is 5.32 Å². The molecule has 1 aromatic carbocycles. The summed E-state index contributed by atoms with van der Waals surface area (Å²) in [5.41, 5.74) is 1.41. The molecular weight excluding hydrogens is 278 g/mol. The van der Waals surface area contributed by atoms with Gasteiger partial charge in [0.1, 0.15) is 5.01 Å². The Bertz CT molecular complexity index is 540. The summed E-state index contributed by atoms with van der Waals surface area (Å²) in [6.07, 6.45) is 3.00. The Labute approximate surface area is 131 Å². The van der Waals surface area contributed by atoms with Gasteiger partial charge >= 0.3 is 0 Å². The molecule has 2 heterocycles. The van der Waals surface area contributed by atoms with E-state index >= 15 is 0 Å². The van der Waals surface area contributed by atoms with Crippen molar-refractivity contribution in [2.45, 2.75) is 38.4 Å². The maximum Gasteiger partial charge on any atom is 0.109 e. The fraction of sp³-hybridized carbons (Fsp3) is 0.471. The minimum absolute atomic E-state index is 0.403. The second kappa shape index (κ2) is 6.69. The maximum absolute atomic E-state index is 4.49. The van der Waals surface area contributed by atoms with E-state index in [1.807, 2.05) is 6.20 Å². The SMILES string of the molecule is CC1CNC(Cc2ccccc2)CN1C(C)c1nccs1. The first kappa shape index (κ1) is 14.7. The normalized spacial score (nSPS) is 24.9. The van der Waals surface area contributed by atoms with E-state index in [-0.39, 0.29) is 0 Å². The molecule has 1 aromatic heterocycles. The Morgan fingerprint density at radius 2 is 2.19 bits per heavy atom. The minimum Gasteiger partial charge on any atom is -0.311 e. The van der Waals surface area contributed by atoms with Crippen LogP contribution in [0.4, 0.5) is 0 Å². The molecule has 3 nitrogen and oxygen atoms in total. The zero-order valence-corrected chi connectivity index (χ0v) is 13.5. The van der Waals surface area contributed by atoms with Gasteiger partial charge in [-0.1, -0.05) is 30.3 Å². The summed E-state index contributed by atoms with van der Waals surface area (Å²) in [4.78, 5) is 7.08. The molecule has 3 rings (SSSR count). The summed E-state index contributed by atoms with van der Waals surface area (Å²) in [6, 6.07) is 12.2. The van der Waals surface area contributed by atoms with Crippen molar-refractivity contribution in [3.05, 3.63) is 52.5 Å². The molecule has 3 unspecified atom stereocenters. The van der Waals surface area contributed by atoms with E-state index in [9.17, 15) is 0 Å². The lowest BCUT2D eigenvalue weighted by atomic mass is 10.0. The summed E-state index contributed by atoms with van der Waals surface area (Å²) in [6.45, 7) is 6.71. The van der Waals surface area contributed by atoms with Gasteiger partial charge in [0.25, 0.3) is 0 Å². The third-order valence-electron chi connectivity index (χ3n) is 4.33. The standard InChI is InChI=1S/C17H23N3S/c1-13-11-19-16(10-15-6-4-3-5-7-15)12-20(13)14(2)17-18-8-9-21-17/h3-9,13-14,16,19H,10-12H2,1-2H3. The van der Waals surface area contributed by atoms with Crippen molar-refractivity contribution in [2.24, 2.45) is 0 Å². The van der Waals surface area contributed by atoms with E-state index in [0.717, 1.165) is 19.5 Å². The highest BCUT2D eigenvalue weighted by Gasteiger charge is 2.30. The zero-order chi connectivity index (χ0) is 14.7. The Hall–Kier alpha value is -1.23. The monoisotopic (exact) mass is 301 g/mol. The summed E-state index contributed by atoms with van der Waals surface area (Å²) >= 11 is 1.76. The Morgan fingerprint density at radius 1 is 1.38 bits per heavy atom. The fourth-order valence-corrected chi connectivity index (χ4v) is 3.83. The average Bonchev–Trinajstić information content (AvgIpc) is 3.04. The van der Waals surface area contributed by atoms with Crippen LogP contribution in [0.2, 0.25) is 0 Å². The second-order valence-corrected chi connectivity index (χ2v) is 6.81. The number of nitrogens with zero attached hydrogens (tertiary/aromatic N) is 2. The number of benzene rings is 1. The van der Waals surface area contributed by atoms with Gasteiger partial charge in [-0.25, -0.2) is 4.98 Å². The molecule has 1 aliphatic rings. The van der Waals surface area contributed by atoms with Crippen LogP contribution < -0.4 is 5.32 Å². The van der Waals surface area contributed by atoms with Gasteiger partial charge in [-0.3, -0.25) is 4.90 Å². The van der Waals surface area contributed by atoms with Crippen LogP contribution in [0.3, 0.4) is 0 Å². The number of thiazole rings is 1. The van der Waals surface area contributed by atoms with Crippen molar-refractivity contribution in [1.82, 2.24) is 15.2 Å². The molecule has 4 heteroatoms. The number of aromatic nitrogens is 1. The van der Waals surface area contributed by atoms with E-state index in [1.54, 1.807) is 11.3 Å². The topological polar surface area (TPSA) is 28.2 Å². The van der Waals surface area contributed by atoms with Crippen LogP contribution >= 0.6 is 11.3 Å². The van der Waals surface area contributed by atoms with Crippen molar-refractivity contribution >= 4 is 11.3 Å². The molecule has 0 spiro atoms. The van der Waals surface area contributed by atoms with E-state index in [2.05, 4.69) is 64.8 Å². The van der Waals surface area contributed by atoms with Crippen LogP contribution in [0.1, 0.15) is 30.5 Å². The summed E-state index contributed by atoms with van der Waals surface area (Å²) < 4.78 is 0. The third-order valence-corrected chi connectivity index (χ3v) is 5.28. The lowest BCUT2D eigenvalue weighted by Crippen LogP contribution is -2.56. The molecule has 3 atom stereocenters. The molecule has 2 aromatic rings. The molecule has 0 saturated carbocycles. The first-order valence-electron chi connectivity index (χ1n) is 7.66. The Balaban J connectivity index is 1.67. The van der Waals surface area contributed by atoms with E-state index in [1.165, 1.54) is 10.6 Å². The smallest absolute Gasteiger partial charge is 0.109 e. The highest BCUT2D eigenvalue weighted by molar-refractivity contribution is 7.09. The molecule has 1 fully saturated rings. The third kappa shape index (κ3) is 3.51. The molecule has 1 N–H and O–H groups in total. The number of nitrogens with one attached hydrogen (secondary N) is 1. The number of piperazine rings is 1. The first-order chi connectivity index (χ1) is 10.2. The summed E-state index contributed by atoms with van der Waals surface area (Å²) in [5.74, 6) is 0. The Kier molecular flexibility index (Phi) is 4.68. The summed E-state index contributed by atoms with van der Waals surface area (Å²) in [5, 5.41) is 6.98. The van der Waals surface area contributed by atoms with Gasteiger partial charge in [-0.05, 0) is 25.8 Å². The van der Waals surface area contributed by atoms with Crippen molar-refractivity contribution in [3.8, 4) is 0 Å². The molecule has 0 bridgehead atoms. The van der Waals surface area contributed by atoms with Crippen LogP contribution in [-0.4, -0.2) is 35.1 Å². The maximum atomic E-state index is 4.49. The van der Waals surface area contributed by atoms with Crippen LogP contribution in [-0.2, 0) is 6.42 Å². The van der Waals surface area contributed by atoms with Crippen LogP contribution in [0, 0.1) is 0 Å². The van der Waals surface area contributed by atoms with E-state index < -0.39 is 0 Å². The highest BCUT2D eigenvalue weighted by Crippen LogP contribution is 2.26. The highest BCUT2D eigenvalue weighted by atomic mass is 32.1.